The molecule has 16 heavy (non-hydrogen) atoms. The van der Waals surface area contributed by atoms with E-state index in [-0.39, 0.29) is 11.3 Å². The predicted molar refractivity (Wildman–Crippen MR) is 62.5 cm³/mol. The molecule has 0 bridgehead atoms. The molecule has 0 radical (unpaired) electrons. The minimum absolute atomic E-state index is 0.0520. The van der Waals surface area contributed by atoms with Gasteiger partial charge in [-0.3, -0.25) is 9.89 Å². The molecule has 0 amide bonds. The quantitative estimate of drug-likeness (QED) is 0.829. The van der Waals surface area contributed by atoms with Crippen molar-refractivity contribution in [2.75, 3.05) is 0 Å². The van der Waals surface area contributed by atoms with Crippen molar-refractivity contribution in [3.05, 3.63) is 17.5 Å². The predicted octanol–water partition coefficient (Wildman–Crippen LogP) is 2.53. The van der Waals surface area contributed by atoms with Gasteiger partial charge < -0.3 is 5.11 Å². The van der Waals surface area contributed by atoms with Crippen LogP contribution in [0.1, 0.15) is 51.8 Å². The first-order valence-corrected chi connectivity index (χ1v) is 5.51. The van der Waals surface area contributed by atoms with Crippen LogP contribution in [0, 0.1) is 5.92 Å². The Balaban J connectivity index is 3.21. The number of aromatic amines is 1. The Kier molecular flexibility index (Phi) is 3.41. The number of nitrogens with zero attached hydrogens (tertiary/aromatic N) is 1. The molecule has 0 spiro atoms. The normalized spacial score (nSPS) is 14.1. The maximum absolute atomic E-state index is 11.3. The molecule has 1 aromatic rings. The highest BCUT2D eigenvalue weighted by Crippen LogP contribution is 2.32. The fourth-order valence-corrected chi connectivity index (χ4v) is 1.91. The number of hydrogen-bond acceptors (Lipinski definition) is 2. The van der Waals surface area contributed by atoms with Gasteiger partial charge in [0.15, 0.2) is 0 Å². The van der Waals surface area contributed by atoms with E-state index in [1.807, 2.05) is 34.6 Å². The summed E-state index contributed by atoms with van der Waals surface area (Å²) in [6.45, 7) is 9.96. The fraction of sp³-hybridized carbons (Fsp3) is 0.667. The zero-order valence-electron chi connectivity index (χ0n) is 10.5. The largest absolute Gasteiger partial charge is 0.481 e. The number of aliphatic carboxylic acids is 1. The van der Waals surface area contributed by atoms with Crippen molar-refractivity contribution in [3.8, 4) is 0 Å². The Bertz CT molecular complexity index is 375. The molecule has 0 aliphatic heterocycles. The third-order valence-corrected chi connectivity index (χ3v) is 2.69. The summed E-state index contributed by atoms with van der Waals surface area (Å²) in [4.78, 5) is 11.3. The summed E-state index contributed by atoms with van der Waals surface area (Å²) in [5, 5.41) is 16.2. The van der Waals surface area contributed by atoms with Crippen LogP contribution in [0.25, 0.3) is 0 Å². The first-order valence-electron chi connectivity index (χ1n) is 5.51. The van der Waals surface area contributed by atoms with Gasteiger partial charge in [-0.15, -0.1) is 0 Å². The summed E-state index contributed by atoms with van der Waals surface area (Å²) >= 11 is 0. The third-order valence-electron chi connectivity index (χ3n) is 2.69. The van der Waals surface area contributed by atoms with Crippen LogP contribution in [0.2, 0.25) is 0 Å². The lowest BCUT2D eigenvalue weighted by atomic mass is 9.81. The van der Waals surface area contributed by atoms with Crippen molar-refractivity contribution in [1.29, 1.82) is 0 Å². The zero-order valence-corrected chi connectivity index (χ0v) is 10.5. The summed E-state index contributed by atoms with van der Waals surface area (Å²) < 4.78 is 0. The molecular formula is C12H20N2O2. The monoisotopic (exact) mass is 224 g/mol. The van der Waals surface area contributed by atoms with Crippen molar-refractivity contribution in [2.45, 2.75) is 46.0 Å². The van der Waals surface area contributed by atoms with E-state index in [1.54, 1.807) is 6.20 Å². The summed E-state index contributed by atoms with van der Waals surface area (Å²) in [6.07, 6.45) is 1.64. The molecule has 0 saturated heterocycles. The molecule has 1 unspecified atom stereocenters. The van der Waals surface area contributed by atoms with Crippen LogP contribution in [0.3, 0.4) is 0 Å². The van der Waals surface area contributed by atoms with Crippen molar-refractivity contribution >= 4 is 5.97 Å². The summed E-state index contributed by atoms with van der Waals surface area (Å²) in [7, 11) is 0. The molecule has 1 aromatic heterocycles. The van der Waals surface area contributed by atoms with E-state index < -0.39 is 11.9 Å². The number of carbonyl (C=O) groups is 1. The lowest BCUT2D eigenvalue weighted by molar-refractivity contribution is -0.139. The third kappa shape index (κ3) is 2.43. The van der Waals surface area contributed by atoms with Crippen molar-refractivity contribution < 1.29 is 9.90 Å². The topological polar surface area (TPSA) is 66.0 Å². The molecule has 1 rings (SSSR count). The van der Waals surface area contributed by atoms with Gasteiger partial charge in [0.2, 0.25) is 0 Å². The molecule has 1 heterocycles. The van der Waals surface area contributed by atoms with Gasteiger partial charge in [-0.2, -0.15) is 5.10 Å². The van der Waals surface area contributed by atoms with Crippen molar-refractivity contribution in [2.24, 2.45) is 5.92 Å². The van der Waals surface area contributed by atoms with E-state index in [2.05, 4.69) is 10.2 Å². The molecule has 90 valence electrons. The van der Waals surface area contributed by atoms with E-state index in [0.29, 0.717) is 0 Å². The Labute approximate surface area is 96.1 Å². The van der Waals surface area contributed by atoms with Crippen LogP contribution in [0.5, 0.6) is 0 Å². The summed E-state index contributed by atoms with van der Waals surface area (Å²) in [6, 6.07) is 0. The van der Waals surface area contributed by atoms with E-state index in [9.17, 15) is 9.90 Å². The van der Waals surface area contributed by atoms with Crippen molar-refractivity contribution in [3.63, 3.8) is 0 Å². The van der Waals surface area contributed by atoms with Crippen LogP contribution < -0.4 is 0 Å². The van der Waals surface area contributed by atoms with Gasteiger partial charge in [0.05, 0.1) is 12.1 Å². The molecule has 0 aliphatic rings. The Morgan fingerprint density at radius 3 is 2.38 bits per heavy atom. The van der Waals surface area contributed by atoms with Crippen LogP contribution in [0.15, 0.2) is 6.20 Å². The van der Waals surface area contributed by atoms with E-state index in [1.165, 1.54) is 0 Å². The average Bonchev–Trinajstić information content (AvgIpc) is 2.49. The van der Waals surface area contributed by atoms with E-state index in [0.717, 1.165) is 11.3 Å². The van der Waals surface area contributed by atoms with Gasteiger partial charge in [0.25, 0.3) is 0 Å². The average molecular weight is 224 g/mol. The standard InChI is InChI=1S/C12H20N2O2/c1-7(2)9(11(15)16)8-6-13-14-10(8)12(3,4)5/h6-7,9H,1-5H3,(H,13,14)(H,15,16). The lowest BCUT2D eigenvalue weighted by Crippen LogP contribution is -2.22. The molecule has 1 atom stereocenters. The zero-order chi connectivity index (χ0) is 12.5. The van der Waals surface area contributed by atoms with Gasteiger partial charge in [0, 0.05) is 16.7 Å². The van der Waals surface area contributed by atoms with Crippen LogP contribution in [0.4, 0.5) is 0 Å². The second-order valence-corrected chi connectivity index (χ2v) is 5.51. The maximum atomic E-state index is 11.3. The second kappa shape index (κ2) is 4.28. The molecule has 0 fully saturated rings. The minimum atomic E-state index is -0.790. The van der Waals surface area contributed by atoms with Gasteiger partial charge in [-0.1, -0.05) is 34.6 Å². The lowest BCUT2D eigenvalue weighted by Gasteiger charge is -2.23. The number of aromatic nitrogens is 2. The SMILES string of the molecule is CC(C)C(C(=O)O)c1cn[nH]c1C(C)(C)C. The van der Waals surface area contributed by atoms with E-state index >= 15 is 0 Å². The van der Waals surface area contributed by atoms with Gasteiger partial charge in [-0.25, -0.2) is 0 Å². The first kappa shape index (κ1) is 12.7. The molecule has 0 aliphatic carbocycles. The number of hydrogen-bond donors (Lipinski definition) is 2. The van der Waals surface area contributed by atoms with E-state index in [4.69, 9.17) is 0 Å². The van der Waals surface area contributed by atoms with Gasteiger partial charge >= 0.3 is 5.97 Å². The number of carboxylic acid groups (broad SMARTS) is 1. The van der Waals surface area contributed by atoms with Crippen LogP contribution in [-0.2, 0) is 10.2 Å². The second-order valence-electron chi connectivity index (χ2n) is 5.51. The number of nitrogens with one attached hydrogen (secondary N) is 1. The highest BCUT2D eigenvalue weighted by Gasteiger charge is 2.31. The molecular weight excluding hydrogens is 204 g/mol. The maximum Gasteiger partial charge on any atom is 0.311 e. The number of carboxylic acids is 1. The van der Waals surface area contributed by atoms with Crippen LogP contribution in [-0.4, -0.2) is 21.3 Å². The van der Waals surface area contributed by atoms with Crippen molar-refractivity contribution in [1.82, 2.24) is 10.2 Å². The molecule has 0 saturated carbocycles. The summed E-state index contributed by atoms with van der Waals surface area (Å²) in [5.41, 5.74) is 1.60. The number of rotatable bonds is 3. The summed E-state index contributed by atoms with van der Waals surface area (Å²) in [5.74, 6) is -1.23. The minimum Gasteiger partial charge on any atom is -0.481 e. The molecule has 4 heteroatoms. The Hall–Kier alpha value is -1.32. The Morgan fingerprint density at radius 1 is 1.44 bits per heavy atom. The van der Waals surface area contributed by atoms with Gasteiger partial charge in [-0.05, 0) is 5.92 Å². The highest BCUT2D eigenvalue weighted by molar-refractivity contribution is 5.76. The molecule has 4 nitrogen and oxygen atoms in total. The highest BCUT2D eigenvalue weighted by atomic mass is 16.4. The van der Waals surface area contributed by atoms with Gasteiger partial charge in [0.1, 0.15) is 0 Å². The smallest absolute Gasteiger partial charge is 0.311 e. The Morgan fingerprint density at radius 2 is 2.00 bits per heavy atom. The first-order chi connectivity index (χ1) is 7.25. The molecule has 0 aromatic carbocycles. The van der Waals surface area contributed by atoms with Crippen LogP contribution >= 0.6 is 0 Å². The number of H-pyrrole nitrogens is 1. The fourth-order valence-electron chi connectivity index (χ4n) is 1.91. The molecule has 2 N–H and O–H groups in total.